The quantitative estimate of drug-likeness (QED) is 0.258. The fraction of sp³-hybridized carbons (Fsp3) is 0.0800. The summed E-state index contributed by atoms with van der Waals surface area (Å²) in [5.41, 5.74) is 2.46. The molecular weight excluding hydrogens is 465 g/mol. The minimum Gasteiger partial charge on any atom is -0.493 e. The zero-order valence-electron chi connectivity index (χ0n) is 17.6. The van der Waals surface area contributed by atoms with Crippen molar-refractivity contribution < 1.29 is 23.8 Å². The van der Waals surface area contributed by atoms with Gasteiger partial charge in [0.05, 0.1) is 22.7 Å². The molecule has 3 aromatic rings. The van der Waals surface area contributed by atoms with Crippen LogP contribution in [0.1, 0.15) is 27.0 Å². The van der Waals surface area contributed by atoms with Gasteiger partial charge < -0.3 is 14.2 Å². The van der Waals surface area contributed by atoms with Crippen LogP contribution in [0.25, 0.3) is 6.08 Å². The van der Waals surface area contributed by atoms with Gasteiger partial charge >= 0.3 is 11.9 Å². The summed E-state index contributed by atoms with van der Waals surface area (Å²) in [5, 5.41) is 0.358. The van der Waals surface area contributed by atoms with Crippen molar-refractivity contribution in [3.05, 3.63) is 98.7 Å². The van der Waals surface area contributed by atoms with Crippen molar-refractivity contribution in [2.24, 2.45) is 4.99 Å². The van der Waals surface area contributed by atoms with E-state index < -0.39 is 11.9 Å². The second kappa shape index (κ2) is 9.48. The normalized spacial score (nSPS) is 14.1. The maximum absolute atomic E-state index is 12.5. The van der Waals surface area contributed by atoms with E-state index in [0.717, 1.165) is 11.1 Å². The first-order valence-corrected chi connectivity index (χ1v) is 10.6. The van der Waals surface area contributed by atoms with E-state index in [-0.39, 0.29) is 38.7 Å². The molecule has 0 saturated heterocycles. The van der Waals surface area contributed by atoms with E-state index in [0.29, 0.717) is 5.56 Å². The van der Waals surface area contributed by atoms with E-state index in [1.807, 2.05) is 31.2 Å². The van der Waals surface area contributed by atoms with Crippen molar-refractivity contribution in [3.63, 3.8) is 0 Å². The van der Waals surface area contributed by atoms with Gasteiger partial charge in [-0.15, -0.1) is 0 Å². The maximum atomic E-state index is 12.5. The molecule has 0 radical (unpaired) electrons. The monoisotopic (exact) mass is 481 g/mol. The van der Waals surface area contributed by atoms with Crippen LogP contribution in [0.2, 0.25) is 10.0 Å². The van der Waals surface area contributed by atoms with E-state index in [4.69, 9.17) is 37.4 Å². The van der Waals surface area contributed by atoms with Gasteiger partial charge in [-0.1, -0.05) is 53.5 Å². The number of cyclic esters (lactones) is 1. The second-order valence-corrected chi connectivity index (χ2v) is 7.87. The number of hydrogen-bond donors (Lipinski definition) is 0. The number of hydrogen-bond acceptors (Lipinski definition) is 6. The summed E-state index contributed by atoms with van der Waals surface area (Å²) >= 11 is 12.4. The molecule has 0 fully saturated rings. The van der Waals surface area contributed by atoms with E-state index in [2.05, 4.69) is 4.99 Å². The summed E-state index contributed by atoms with van der Waals surface area (Å²) < 4.78 is 16.1. The van der Waals surface area contributed by atoms with Gasteiger partial charge in [0, 0.05) is 5.56 Å². The van der Waals surface area contributed by atoms with Gasteiger partial charge in [0.15, 0.2) is 17.2 Å². The van der Waals surface area contributed by atoms with Crippen molar-refractivity contribution in [2.75, 3.05) is 7.11 Å². The Balaban J connectivity index is 1.65. The highest BCUT2D eigenvalue weighted by Gasteiger charge is 2.25. The summed E-state index contributed by atoms with van der Waals surface area (Å²) in [6.07, 6.45) is 1.52. The molecule has 0 bridgehead atoms. The third-order valence-corrected chi connectivity index (χ3v) is 5.45. The first-order chi connectivity index (χ1) is 15.9. The zero-order chi connectivity index (χ0) is 23.5. The molecule has 33 heavy (non-hydrogen) atoms. The van der Waals surface area contributed by atoms with Gasteiger partial charge in [-0.05, 0) is 54.5 Å². The summed E-state index contributed by atoms with van der Waals surface area (Å²) in [4.78, 5) is 29.2. The number of carbonyl (C=O) groups is 2. The number of nitrogens with zero attached hydrogens (tertiary/aromatic N) is 1. The minimum atomic E-state index is -0.682. The summed E-state index contributed by atoms with van der Waals surface area (Å²) in [6, 6.07) is 17.1. The molecule has 166 valence electrons. The molecule has 0 atom stereocenters. The lowest BCUT2D eigenvalue weighted by atomic mass is 10.1. The number of methoxy groups -OCH3 is 1. The Hall–Kier alpha value is -3.61. The van der Waals surface area contributed by atoms with Crippen LogP contribution in [-0.4, -0.2) is 24.9 Å². The van der Waals surface area contributed by atoms with Crippen molar-refractivity contribution in [1.29, 1.82) is 0 Å². The lowest BCUT2D eigenvalue weighted by Crippen LogP contribution is -2.10. The van der Waals surface area contributed by atoms with E-state index in [9.17, 15) is 9.59 Å². The highest BCUT2D eigenvalue weighted by molar-refractivity contribution is 6.34. The first kappa shape index (κ1) is 22.6. The van der Waals surface area contributed by atoms with Crippen LogP contribution in [0.3, 0.4) is 0 Å². The number of esters is 2. The van der Waals surface area contributed by atoms with Crippen molar-refractivity contribution in [3.8, 4) is 11.5 Å². The van der Waals surface area contributed by atoms with Crippen molar-refractivity contribution in [2.45, 2.75) is 6.92 Å². The number of carbonyl (C=O) groups excluding carboxylic acids is 2. The molecule has 6 nitrogen and oxygen atoms in total. The number of benzene rings is 3. The number of halogens is 2. The van der Waals surface area contributed by atoms with Gasteiger partial charge in [0.2, 0.25) is 5.90 Å². The molecule has 4 rings (SSSR count). The van der Waals surface area contributed by atoms with Gasteiger partial charge in [-0.2, -0.15) is 0 Å². The molecular formula is C25H17Cl2NO5. The van der Waals surface area contributed by atoms with Crippen LogP contribution in [0.15, 0.2) is 71.4 Å². The average Bonchev–Trinajstić information content (AvgIpc) is 3.15. The van der Waals surface area contributed by atoms with Crippen LogP contribution < -0.4 is 9.47 Å². The van der Waals surface area contributed by atoms with Gasteiger partial charge in [0.25, 0.3) is 0 Å². The van der Waals surface area contributed by atoms with Crippen LogP contribution in [-0.2, 0) is 9.53 Å². The Labute approximate surface area is 200 Å². The van der Waals surface area contributed by atoms with Gasteiger partial charge in [-0.25, -0.2) is 14.6 Å². The maximum Gasteiger partial charge on any atom is 0.363 e. The average molecular weight is 482 g/mol. The van der Waals surface area contributed by atoms with Crippen molar-refractivity contribution in [1.82, 2.24) is 0 Å². The molecule has 8 heteroatoms. The smallest absolute Gasteiger partial charge is 0.363 e. The third kappa shape index (κ3) is 4.77. The highest BCUT2D eigenvalue weighted by atomic mass is 35.5. The van der Waals surface area contributed by atoms with Crippen LogP contribution in [0, 0.1) is 6.92 Å². The molecule has 0 aliphatic carbocycles. The molecule has 0 N–H and O–H groups in total. The molecule has 0 spiro atoms. The van der Waals surface area contributed by atoms with Gasteiger partial charge in [0.1, 0.15) is 0 Å². The largest absolute Gasteiger partial charge is 0.493 e. The van der Waals surface area contributed by atoms with E-state index in [1.54, 1.807) is 30.3 Å². The number of ether oxygens (including phenoxy) is 3. The molecule has 1 heterocycles. The summed E-state index contributed by atoms with van der Waals surface area (Å²) in [7, 11) is 1.41. The number of aliphatic imine (C=N–C) groups is 1. The van der Waals surface area contributed by atoms with E-state index in [1.165, 1.54) is 19.3 Å². The van der Waals surface area contributed by atoms with Crippen LogP contribution >= 0.6 is 23.2 Å². The number of aryl methyl sites for hydroxylation is 1. The van der Waals surface area contributed by atoms with Crippen LogP contribution in [0.4, 0.5) is 0 Å². The summed E-state index contributed by atoms with van der Waals surface area (Å²) in [5.74, 6) is -0.808. The molecule has 3 aromatic carbocycles. The summed E-state index contributed by atoms with van der Waals surface area (Å²) in [6.45, 7) is 1.90. The van der Waals surface area contributed by atoms with Crippen LogP contribution in [0.5, 0.6) is 11.5 Å². The van der Waals surface area contributed by atoms with Crippen molar-refractivity contribution >= 4 is 47.1 Å². The molecule has 0 aromatic heterocycles. The zero-order valence-corrected chi connectivity index (χ0v) is 19.1. The molecule has 0 amide bonds. The van der Waals surface area contributed by atoms with E-state index >= 15 is 0 Å². The molecule has 1 aliphatic rings. The Morgan fingerprint density at radius 3 is 2.48 bits per heavy atom. The molecule has 0 unspecified atom stereocenters. The fourth-order valence-corrected chi connectivity index (χ4v) is 3.66. The Kier molecular flexibility index (Phi) is 6.49. The Bertz CT molecular complexity index is 1330. The van der Waals surface area contributed by atoms with Gasteiger partial charge in [-0.3, -0.25) is 0 Å². The highest BCUT2D eigenvalue weighted by Crippen LogP contribution is 2.38. The second-order valence-electron chi connectivity index (χ2n) is 7.05. The Morgan fingerprint density at radius 1 is 1.03 bits per heavy atom. The molecule has 1 aliphatic heterocycles. The number of rotatable bonds is 5. The minimum absolute atomic E-state index is 0.0318. The SMILES string of the molecule is COc1cc(/C=C2\N=C(c3ccccc3C)OC2=O)cc(Cl)c1OC(=O)c1ccccc1Cl. The Morgan fingerprint density at radius 2 is 1.76 bits per heavy atom. The topological polar surface area (TPSA) is 74.2 Å². The first-order valence-electron chi connectivity index (χ1n) is 9.80. The predicted octanol–water partition coefficient (Wildman–Crippen LogP) is 5.87. The molecule has 0 saturated carbocycles. The lowest BCUT2D eigenvalue weighted by Gasteiger charge is -2.12. The predicted molar refractivity (Wildman–Crippen MR) is 126 cm³/mol. The lowest BCUT2D eigenvalue weighted by molar-refractivity contribution is -0.129. The fourth-order valence-electron chi connectivity index (χ4n) is 3.19. The third-order valence-electron chi connectivity index (χ3n) is 4.84. The standard InChI is InChI=1S/C25H17Cl2NO5/c1-14-7-3-4-8-16(14)23-28-20(25(30)33-23)12-15-11-19(27)22(21(13-15)31-2)32-24(29)17-9-5-6-10-18(17)26/h3-13H,1-2H3/b20-12-.